The van der Waals surface area contributed by atoms with E-state index in [0.717, 1.165) is 12.1 Å². The topological polar surface area (TPSA) is 15.6 Å². The Bertz CT molecular complexity index is 764. The minimum Gasteiger partial charge on any atom is -0.257 e. The van der Waals surface area contributed by atoms with E-state index in [4.69, 9.17) is 5.10 Å². The molecule has 0 aliphatic carbocycles. The van der Waals surface area contributed by atoms with E-state index in [1.165, 1.54) is 16.8 Å². The molecule has 0 radical (unpaired) electrons. The minimum absolute atomic E-state index is 0.262. The van der Waals surface area contributed by atoms with Crippen molar-refractivity contribution in [2.45, 2.75) is 12.5 Å². The van der Waals surface area contributed by atoms with Crippen molar-refractivity contribution in [2.24, 2.45) is 5.10 Å². The summed E-state index contributed by atoms with van der Waals surface area (Å²) in [5, 5.41) is 11.4. The molecule has 1 aromatic heterocycles. The van der Waals surface area contributed by atoms with Gasteiger partial charge in [-0.25, -0.2) is 0 Å². The average molecular weight is 304 g/mol. The first-order valence-corrected chi connectivity index (χ1v) is 8.35. The molecule has 1 atom stereocenters. The fraction of sp³-hybridized carbons (Fsp3) is 0.105. The Labute approximate surface area is 134 Å². The maximum Gasteiger partial charge on any atom is 0.0831 e. The maximum atomic E-state index is 4.92. The predicted molar refractivity (Wildman–Crippen MR) is 93.6 cm³/mol. The lowest BCUT2D eigenvalue weighted by molar-refractivity contribution is 0.709. The van der Waals surface area contributed by atoms with Gasteiger partial charge in [0.1, 0.15) is 0 Å². The van der Waals surface area contributed by atoms with E-state index in [2.05, 4.69) is 76.4 Å². The van der Waals surface area contributed by atoms with E-state index in [-0.39, 0.29) is 6.04 Å². The fourth-order valence-electron chi connectivity index (χ4n) is 2.87. The van der Waals surface area contributed by atoms with Crippen LogP contribution in [0.5, 0.6) is 0 Å². The van der Waals surface area contributed by atoms with Gasteiger partial charge in [0, 0.05) is 12.0 Å². The fourth-order valence-corrected chi connectivity index (χ4v) is 3.53. The van der Waals surface area contributed by atoms with Gasteiger partial charge < -0.3 is 0 Å². The molecule has 1 aliphatic rings. The van der Waals surface area contributed by atoms with Crippen LogP contribution in [0.15, 0.2) is 82.6 Å². The first-order chi connectivity index (χ1) is 10.9. The number of nitrogens with zero attached hydrogens (tertiary/aromatic N) is 2. The van der Waals surface area contributed by atoms with Crippen LogP contribution in [0.25, 0.3) is 0 Å². The van der Waals surface area contributed by atoms with Crippen LogP contribution >= 0.6 is 11.3 Å². The maximum absolute atomic E-state index is 4.92. The Hall–Kier alpha value is -2.39. The second-order valence-corrected chi connectivity index (χ2v) is 6.15. The molecular formula is C19H16N2S. The van der Waals surface area contributed by atoms with Crippen LogP contribution in [0.4, 0.5) is 5.69 Å². The smallest absolute Gasteiger partial charge is 0.0831 e. The van der Waals surface area contributed by atoms with Crippen molar-refractivity contribution in [3.8, 4) is 0 Å². The largest absolute Gasteiger partial charge is 0.257 e. The molecule has 1 unspecified atom stereocenters. The SMILES string of the molecule is c1ccc(C2CC(c3ccsc3)=NN2c2ccccc2)cc1. The molecule has 2 aromatic carbocycles. The summed E-state index contributed by atoms with van der Waals surface area (Å²) in [6.07, 6.45) is 0.940. The molecule has 108 valence electrons. The average Bonchev–Trinajstić information content (AvgIpc) is 3.26. The second kappa shape index (κ2) is 5.78. The van der Waals surface area contributed by atoms with Crippen molar-refractivity contribution < 1.29 is 0 Å². The molecule has 0 N–H and O–H groups in total. The molecule has 0 saturated heterocycles. The van der Waals surface area contributed by atoms with Gasteiger partial charge in [-0.05, 0) is 34.5 Å². The van der Waals surface area contributed by atoms with Crippen LogP contribution in [-0.2, 0) is 0 Å². The molecule has 4 rings (SSSR count). The molecule has 3 aromatic rings. The summed E-state index contributed by atoms with van der Waals surface area (Å²) in [5.74, 6) is 0. The lowest BCUT2D eigenvalue weighted by Gasteiger charge is -2.23. The number of benzene rings is 2. The van der Waals surface area contributed by atoms with E-state index in [0.29, 0.717) is 0 Å². The highest BCUT2D eigenvalue weighted by atomic mass is 32.1. The number of rotatable bonds is 3. The third-order valence-corrected chi connectivity index (χ3v) is 4.65. The summed E-state index contributed by atoms with van der Waals surface area (Å²) < 4.78 is 0. The quantitative estimate of drug-likeness (QED) is 0.657. The Balaban J connectivity index is 1.75. The molecule has 0 amide bonds. The van der Waals surface area contributed by atoms with Crippen molar-refractivity contribution in [3.63, 3.8) is 0 Å². The van der Waals surface area contributed by atoms with E-state index in [9.17, 15) is 0 Å². The van der Waals surface area contributed by atoms with Gasteiger partial charge in [-0.3, -0.25) is 5.01 Å². The van der Waals surface area contributed by atoms with Crippen molar-refractivity contribution in [3.05, 3.63) is 88.6 Å². The summed E-state index contributed by atoms with van der Waals surface area (Å²) in [7, 11) is 0. The lowest BCUT2D eigenvalue weighted by atomic mass is 9.99. The number of thiophene rings is 1. The second-order valence-electron chi connectivity index (χ2n) is 5.37. The van der Waals surface area contributed by atoms with Gasteiger partial charge in [0.2, 0.25) is 0 Å². The monoisotopic (exact) mass is 304 g/mol. The van der Waals surface area contributed by atoms with Crippen LogP contribution < -0.4 is 5.01 Å². The van der Waals surface area contributed by atoms with Gasteiger partial charge in [0.15, 0.2) is 0 Å². The standard InChI is InChI=1S/C19H16N2S/c1-3-7-15(8-4-1)19-13-18(16-11-12-22-14-16)20-21(19)17-9-5-2-6-10-17/h1-12,14,19H,13H2. The summed E-state index contributed by atoms with van der Waals surface area (Å²) in [6, 6.07) is 23.5. The van der Waals surface area contributed by atoms with Crippen molar-refractivity contribution in [2.75, 3.05) is 5.01 Å². The Kier molecular flexibility index (Phi) is 3.49. The molecule has 2 nitrogen and oxygen atoms in total. The first-order valence-electron chi connectivity index (χ1n) is 7.41. The Morgan fingerprint density at radius 3 is 2.32 bits per heavy atom. The van der Waals surface area contributed by atoms with Crippen LogP contribution in [0, 0.1) is 0 Å². The number of anilines is 1. The highest BCUT2D eigenvalue weighted by molar-refractivity contribution is 7.08. The molecule has 1 aliphatic heterocycles. The van der Waals surface area contributed by atoms with Gasteiger partial charge in [0.25, 0.3) is 0 Å². The van der Waals surface area contributed by atoms with E-state index in [1.54, 1.807) is 11.3 Å². The Morgan fingerprint density at radius 1 is 0.909 bits per heavy atom. The summed E-state index contributed by atoms with van der Waals surface area (Å²) in [4.78, 5) is 0. The van der Waals surface area contributed by atoms with Crippen molar-refractivity contribution in [1.82, 2.24) is 0 Å². The van der Waals surface area contributed by atoms with E-state index >= 15 is 0 Å². The zero-order valence-corrected chi connectivity index (χ0v) is 12.9. The molecular weight excluding hydrogens is 288 g/mol. The zero-order chi connectivity index (χ0) is 14.8. The van der Waals surface area contributed by atoms with Crippen molar-refractivity contribution >= 4 is 22.7 Å². The predicted octanol–water partition coefficient (Wildman–Crippen LogP) is 5.10. The Morgan fingerprint density at radius 2 is 1.64 bits per heavy atom. The van der Waals surface area contributed by atoms with Crippen LogP contribution in [0.1, 0.15) is 23.6 Å². The molecule has 22 heavy (non-hydrogen) atoms. The van der Waals surface area contributed by atoms with Gasteiger partial charge in [0.05, 0.1) is 17.4 Å². The third kappa shape index (κ3) is 2.44. The number of hydrogen-bond acceptors (Lipinski definition) is 3. The van der Waals surface area contributed by atoms with Gasteiger partial charge in [-0.1, -0.05) is 48.5 Å². The highest BCUT2D eigenvalue weighted by Gasteiger charge is 2.29. The van der Waals surface area contributed by atoms with Crippen LogP contribution in [0.2, 0.25) is 0 Å². The van der Waals surface area contributed by atoms with Gasteiger partial charge >= 0.3 is 0 Å². The summed E-state index contributed by atoms with van der Waals surface area (Å²) >= 11 is 1.72. The number of hydrogen-bond donors (Lipinski definition) is 0. The van der Waals surface area contributed by atoms with E-state index in [1.807, 2.05) is 6.07 Å². The molecule has 0 spiro atoms. The third-order valence-electron chi connectivity index (χ3n) is 3.97. The minimum atomic E-state index is 0.262. The van der Waals surface area contributed by atoms with E-state index < -0.39 is 0 Å². The molecule has 0 fully saturated rings. The summed E-state index contributed by atoms with van der Waals surface area (Å²) in [5.41, 5.74) is 4.85. The molecule has 0 bridgehead atoms. The molecule has 2 heterocycles. The van der Waals surface area contributed by atoms with Crippen LogP contribution in [0.3, 0.4) is 0 Å². The molecule has 3 heteroatoms. The van der Waals surface area contributed by atoms with Gasteiger partial charge in [-0.2, -0.15) is 16.4 Å². The number of para-hydroxylation sites is 1. The zero-order valence-electron chi connectivity index (χ0n) is 12.1. The van der Waals surface area contributed by atoms with Crippen LogP contribution in [-0.4, -0.2) is 5.71 Å². The van der Waals surface area contributed by atoms with Crippen molar-refractivity contribution in [1.29, 1.82) is 0 Å². The first kappa shape index (κ1) is 13.3. The summed E-state index contributed by atoms with van der Waals surface area (Å²) in [6.45, 7) is 0. The normalized spacial score (nSPS) is 17.5. The van der Waals surface area contributed by atoms with Gasteiger partial charge in [-0.15, -0.1) is 0 Å². The molecule has 0 saturated carbocycles. The number of hydrazone groups is 1. The lowest BCUT2D eigenvalue weighted by Crippen LogP contribution is -2.18. The highest BCUT2D eigenvalue weighted by Crippen LogP contribution is 2.36.